The molecule has 4 aromatic rings. The van der Waals surface area contributed by atoms with Crippen molar-refractivity contribution in [1.29, 1.82) is 0 Å². The molecule has 59 heavy (non-hydrogen) atoms. The maximum Gasteiger partial charge on any atom is 0.420 e. The standard InChI is InChI=1S/C15H11F6N2O6P.C15H12F3N2O8P/c16-14(17,18)8-2-1-3-9(4-8)29-13-6-11(22-7-30(26,27)28)12(23(24)25)5-10(13)15(19,20)21;16-15(17,18)10-5-12(20(23)24)11(19-7-29(25,26)27)6-13(10)28-9-3-1-8(2-4-9)14(21)22/h1-6,22H,7H2,(H2,26,27,28);1-6,19H,7H2,(H,21,22)(H2,25,26,27). The van der Waals surface area contributed by atoms with Gasteiger partial charge in [-0.05, 0) is 42.5 Å². The molecule has 29 heteroatoms. The third kappa shape index (κ3) is 14.1. The molecule has 0 aliphatic heterocycles. The lowest BCUT2D eigenvalue weighted by molar-refractivity contribution is -0.384. The number of nitrogens with one attached hydrogen (secondary N) is 2. The fourth-order valence-corrected chi connectivity index (χ4v) is 5.12. The molecule has 320 valence electrons. The van der Waals surface area contributed by atoms with E-state index in [-0.39, 0.29) is 23.4 Å². The zero-order valence-corrected chi connectivity index (χ0v) is 30.2. The Bertz CT molecular complexity index is 2320. The van der Waals surface area contributed by atoms with E-state index >= 15 is 0 Å². The number of hydrogen-bond acceptors (Lipinski definition) is 11. The van der Waals surface area contributed by atoms with Gasteiger partial charge in [-0.3, -0.25) is 29.4 Å². The Morgan fingerprint density at radius 3 is 1.37 bits per heavy atom. The van der Waals surface area contributed by atoms with Gasteiger partial charge in [0, 0.05) is 24.3 Å². The first kappa shape index (κ1) is 47.4. The van der Waals surface area contributed by atoms with Gasteiger partial charge >= 0.3 is 39.7 Å². The van der Waals surface area contributed by atoms with E-state index in [1.807, 2.05) is 10.6 Å². The topological polar surface area (TPSA) is 281 Å². The number of nitrogens with zero attached hydrogens (tertiary/aromatic N) is 2. The van der Waals surface area contributed by atoms with Crippen LogP contribution in [0.1, 0.15) is 27.0 Å². The molecule has 0 unspecified atom stereocenters. The number of carboxylic acids is 1. The van der Waals surface area contributed by atoms with E-state index in [1.54, 1.807) is 0 Å². The SMILES string of the molecule is O=C(O)c1ccc(Oc2cc(NCP(=O)(O)O)c([N+](=O)[O-])cc2C(F)(F)F)cc1.O=[N+]([O-])c1cc(C(F)(F)F)c(Oc2cccc(C(F)(F)F)c2)cc1NCP(=O)(O)O. The normalized spacial score (nSPS) is 12.2. The maximum absolute atomic E-state index is 13.3. The molecule has 0 fully saturated rings. The monoisotopic (exact) mass is 896 g/mol. The van der Waals surface area contributed by atoms with Crippen LogP contribution in [0.3, 0.4) is 0 Å². The minimum Gasteiger partial charge on any atom is -0.478 e. The average Bonchev–Trinajstić information content (AvgIpc) is 3.08. The highest BCUT2D eigenvalue weighted by atomic mass is 31.2. The number of halogens is 9. The Balaban J connectivity index is 0.000000316. The Morgan fingerprint density at radius 2 is 1.03 bits per heavy atom. The van der Waals surface area contributed by atoms with Crippen molar-refractivity contribution in [3.8, 4) is 23.0 Å². The van der Waals surface area contributed by atoms with Crippen molar-refractivity contribution in [1.82, 2.24) is 0 Å². The molecule has 0 saturated heterocycles. The molecule has 0 spiro atoms. The molecule has 7 N–H and O–H groups in total. The quantitative estimate of drug-likeness (QED) is 0.0286. The first-order chi connectivity index (χ1) is 26.9. The second kappa shape index (κ2) is 17.9. The number of nitro groups is 2. The summed E-state index contributed by atoms with van der Waals surface area (Å²) in [5, 5.41) is 35.0. The number of benzene rings is 4. The van der Waals surface area contributed by atoms with Gasteiger partial charge in [0.15, 0.2) is 0 Å². The summed E-state index contributed by atoms with van der Waals surface area (Å²) in [4.78, 5) is 66.1. The van der Waals surface area contributed by atoms with E-state index in [1.165, 1.54) is 0 Å². The van der Waals surface area contributed by atoms with Crippen LogP contribution in [0.15, 0.2) is 72.8 Å². The number of hydrogen-bond donors (Lipinski definition) is 7. The second-order valence-corrected chi connectivity index (χ2v) is 14.6. The number of rotatable bonds is 13. The van der Waals surface area contributed by atoms with Crippen LogP contribution in [0.2, 0.25) is 0 Å². The van der Waals surface area contributed by atoms with Crippen LogP contribution in [0.4, 0.5) is 62.3 Å². The van der Waals surface area contributed by atoms with Gasteiger partial charge in [-0.1, -0.05) is 6.07 Å². The number of aromatic carboxylic acids is 1. The van der Waals surface area contributed by atoms with Crippen molar-refractivity contribution in [2.75, 3.05) is 23.2 Å². The van der Waals surface area contributed by atoms with Crippen molar-refractivity contribution in [2.45, 2.75) is 18.5 Å². The van der Waals surface area contributed by atoms with Gasteiger partial charge in [0.25, 0.3) is 11.4 Å². The molecule has 0 aromatic heterocycles. The first-order valence-corrected chi connectivity index (χ1v) is 18.7. The van der Waals surface area contributed by atoms with Gasteiger partial charge in [0.05, 0.1) is 21.0 Å². The molecule has 0 heterocycles. The van der Waals surface area contributed by atoms with Crippen molar-refractivity contribution in [3.05, 3.63) is 115 Å². The predicted octanol–water partition coefficient (Wildman–Crippen LogP) is 8.62. The second-order valence-electron chi connectivity index (χ2n) is 11.3. The molecule has 0 amide bonds. The van der Waals surface area contributed by atoms with Gasteiger partial charge in [-0.25, -0.2) is 4.79 Å². The zero-order valence-electron chi connectivity index (χ0n) is 28.4. The first-order valence-electron chi connectivity index (χ1n) is 15.1. The maximum atomic E-state index is 13.3. The molecular weight excluding hydrogens is 873 g/mol. The van der Waals surface area contributed by atoms with E-state index in [2.05, 4.69) is 0 Å². The van der Waals surface area contributed by atoms with Crippen molar-refractivity contribution < 1.29 is 97.4 Å². The molecule has 4 aromatic carbocycles. The van der Waals surface area contributed by atoms with Gasteiger partial charge in [-0.2, -0.15) is 39.5 Å². The average molecular weight is 896 g/mol. The summed E-state index contributed by atoms with van der Waals surface area (Å²) in [7, 11) is -9.43. The molecule has 0 saturated carbocycles. The van der Waals surface area contributed by atoms with Crippen LogP contribution in [-0.4, -0.2) is 53.1 Å². The van der Waals surface area contributed by atoms with Crippen LogP contribution in [0.5, 0.6) is 23.0 Å². The highest BCUT2D eigenvalue weighted by Crippen LogP contribution is 2.46. The molecule has 0 aliphatic rings. The summed E-state index contributed by atoms with van der Waals surface area (Å²) >= 11 is 0. The third-order valence-corrected chi connectivity index (χ3v) is 8.01. The largest absolute Gasteiger partial charge is 0.478 e. The number of carbonyl (C=O) groups is 1. The lowest BCUT2D eigenvalue weighted by Gasteiger charge is -2.17. The smallest absolute Gasteiger partial charge is 0.420 e. The van der Waals surface area contributed by atoms with E-state index in [4.69, 9.17) is 34.2 Å². The molecule has 18 nitrogen and oxygen atoms in total. The van der Waals surface area contributed by atoms with Crippen LogP contribution >= 0.6 is 15.2 Å². The molecule has 0 radical (unpaired) electrons. The van der Waals surface area contributed by atoms with Gasteiger partial charge in [0.2, 0.25) is 0 Å². The number of anilines is 2. The highest BCUT2D eigenvalue weighted by Gasteiger charge is 2.39. The molecule has 0 atom stereocenters. The van der Waals surface area contributed by atoms with Crippen molar-refractivity contribution in [2.24, 2.45) is 0 Å². The van der Waals surface area contributed by atoms with Crippen LogP contribution < -0.4 is 20.1 Å². The minimum atomic E-state index is -5.19. The summed E-state index contributed by atoms with van der Waals surface area (Å²) in [5.41, 5.74) is -8.13. The van der Waals surface area contributed by atoms with Crippen LogP contribution in [0, 0.1) is 20.2 Å². The van der Waals surface area contributed by atoms with Gasteiger partial charge in [0.1, 0.15) is 58.1 Å². The van der Waals surface area contributed by atoms with Crippen molar-refractivity contribution in [3.63, 3.8) is 0 Å². The van der Waals surface area contributed by atoms with E-state index in [0.29, 0.717) is 24.3 Å². The lowest BCUT2D eigenvalue weighted by atomic mass is 10.1. The fraction of sp³-hybridized carbons (Fsp3) is 0.167. The lowest BCUT2D eigenvalue weighted by Crippen LogP contribution is -2.11. The summed E-state index contributed by atoms with van der Waals surface area (Å²) in [5.74, 6) is -4.12. The summed E-state index contributed by atoms with van der Waals surface area (Å²) in [6.07, 6.45) is -17.3. The number of carboxylic acid groups (broad SMARTS) is 1. The summed E-state index contributed by atoms with van der Waals surface area (Å²) in [6.45, 7) is 0. The van der Waals surface area contributed by atoms with Gasteiger partial charge in [-0.15, -0.1) is 0 Å². The van der Waals surface area contributed by atoms with Crippen molar-refractivity contribution >= 4 is 43.9 Å². The highest BCUT2D eigenvalue weighted by molar-refractivity contribution is 7.52. The number of alkyl halides is 9. The molecule has 0 aliphatic carbocycles. The number of ether oxygens (including phenoxy) is 2. The molecule has 4 rings (SSSR count). The molecular formula is C30H23F9N4O14P2. The Labute approximate surface area is 321 Å². The van der Waals surface area contributed by atoms with Gasteiger partial charge < -0.3 is 44.8 Å². The van der Waals surface area contributed by atoms with E-state index < -0.39 is 119 Å². The third-order valence-electron chi connectivity index (χ3n) is 6.87. The summed E-state index contributed by atoms with van der Waals surface area (Å²) in [6, 6.07) is 8.41. The van der Waals surface area contributed by atoms with Crippen LogP contribution in [0.25, 0.3) is 0 Å². The van der Waals surface area contributed by atoms with Crippen LogP contribution in [-0.2, 0) is 27.7 Å². The Morgan fingerprint density at radius 1 is 0.627 bits per heavy atom. The fourth-order valence-electron chi connectivity index (χ4n) is 4.37. The van der Waals surface area contributed by atoms with E-state index in [0.717, 1.165) is 36.4 Å². The predicted molar refractivity (Wildman–Crippen MR) is 182 cm³/mol. The molecule has 0 bridgehead atoms. The zero-order chi connectivity index (χ0) is 44.9. The number of nitro benzene ring substituents is 2. The Kier molecular flexibility index (Phi) is 14.4. The Hall–Kier alpha value is -5.98. The van der Waals surface area contributed by atoms with E-state index in [9.17, 15) is 73.7 Å². The summed E-state index contributed by atoms with van der Waals surface area (Å²) < 4.78 is 150. The minimum absolute atomic E-state index is 0.0466.